The van der Waals surface area contributed by atoms with E-state index in [0.717, 1.165) is 89.9 Å². The van der Waals surface area contributed by atoms with E-state index in [1.807, 2.05) is 0 Å². The molecule has 0 radical (unpaired) electrons. The van der Waals surface area contributed by atoms with Crippen molar-refractivity contribution in [3.8, 4) is 0 Å². The van der Waals surface area contributed by atoms with Gasteiger partial charge in [0.05, 0.1) is 6.61 Å². The lowest BCUT2D eigenvalue weighted by molar-refractivity contribution is -0.220. The third-order valence-electron chi connectivity index (χ3n) is 10.1. The molecule has 0 aromatic heterocycles. The highest BCUT2D eigenvalue weighted by atomic mass is 31.2. The van der Waals surface area contributed by atoms with Crippen LogP contribution in [0.25, 0.3) is 0 Å². The van der Waals surface area contributed by atoms with Gasteiger partial charge < -0.3 is 39.9 Å². The zero-order chi connectivity index (χ0) is 43.6. The van der Waals surface area contributed by atoms with E-state index in [9.17, 15) is 44.6 Å². The maximum Gasteiger partial charge on any atom is 0.472 e. The molecule has 59 heavy (non-hydrogen) atoms. The van der Waals surface area contributed by atoms with Gasteiger partial charge in [-0.05, 0) is 77.0 Å². The van der Waals surface area contributed by atoms with Crippen molar-refractivity contribution in [1.29, 1.82) is 0 Å². The Kier molecular flexibility index (Phi) is 32.9. The second kappa shape index (κ2) is 35.4. The van der Waals surface area contributed by atoms with Gasteiger partial charge in [0.25, 0.3) is 0 Å². The van der Waals surface area contributed by atoms with E-state index in [1.165, 1.54) is 38.5 Å². The van der Waals surface area contributed by atoms with Gasteiger partial charge in [0, 0.05) is 12.8 Å². The predicted octanol–water partition coefficient (Wildman–Crippen LogP) is 8.39. The van der Waals surface area contributed by atoms with Gasteiger partial charge in [-0.2, -0.15) is 0 Å². The van der Waals surface area contributed by atoms with Crippen molar-refractivity contribution in [3.63, 3.8) is 0 Å². The average Bonchev–Trinajstić information content (AvgIpc) is 3.21. The highest BCUT2D eigenvalue weighted by Crippen LogP contribution is 2.47. The summed E-state index contributed by atoms with van der Waals surface area (Å²) in [4.78, 5) is 35.6. The zero-order valence-corrected chi connectivity index (χ0v) is 36.9. The molecule has 13 nitrogen and oxygen atoms in total. The SMILES string of the molecule is CCCCC/C=C\C/C=C\CCCCCCCC(=O)OC[C@H](COP(=O)(O)OC1C(O)C(O)C(O)[C@@H](O)C1O)OC(=O)CCCCCCC/C=C\C/C=C\CCCCC. The molecular formula is C45H79O13P. The van der Waals surface area contributed by atoms with Crippen molar-refractivity contribution in [1.82, 2.24) is 0 Å². The number of carbonyl (C=O) groups excluding carboxylic acids is 2. The van der Waals surface area contributed by atoms with Crippen LogP contribution in [0.2, 0.25) is 0 Å². The number of aliphatic hydroxyl groups is 5. The molecule has 14 heteroatoms. The fourth-order valence-electron chi connectivity index (χ4n) is 6.46. The van der Waals surface area contributed by atoms with E-state index >= 15 is 0 Å². The van der Waals surface area contributed by atoms with Crippen molar-refractivity contribution in [2.75, 3.05) is 13.2 Å². The smallest absolute Gasteiger partial charge is 0.462 e. The van der Waals surface area contributed by atoms with E-state index in [1.54, 1.807) is 0 Å². The van der Waals surface area contributed by atoms with Gasteiger partial charge in [0.1, 0.15) is 43.2 Å². The van der Waals surface area contributed by atoms with E-state index in [-0.39, 0.29) is 12.8 Å². The predicted molar refractivity (Wildman–Crippen MR) is 230 cm³/mol. The van der Waals surface area contributed by atoms with E-state index in [0.29, 0.717) is 12.8 Å². The Hall–Kier alpha value is -2.19. The number of hydrogen-bond donors (Lipinski definition) is 6. The first kappa shape index (κ1) is 54.8. The fourth-order valence-corrected chi connectivity index (χ4v) is 7.44. The van der Waals surface area contributed by atoms with Crippen LogP contribution in [-0.2, 0) is 32.7 Å². The van der Waals surface area contributed by atoms with Crippen molar-refractivity contribution >= 4 is 19.8 Å². The monoisotopic (exact) mass is 859 g/mol. The van der Waals surface area contributed by atoms with Crippen LogP contribution in [0.15, 0.2) is 48.6 Å². The molecule has 342 valence electrons. The van der Waals surface area contributed by atoms with Crippen LogP contribution in [0.4, 0.5) is 0 Å². The molecule has 8 atom stereocenters. The molecule has 0 spiro atoms. The highest BCUT2D eigenvalue weighted by Gasteiger charge is 2.51. The normalized spacial score (nSPS) is 22.8. The molecule has 0 bridgehead atoms. The standard InChI is InChI=1S/C45H79O13P/c1-3-5-7-9-11-13-15-17-19-21-23-25-27-29-31-33-38(46)55-35-37(36-56-59(53,54)58-45-43(51)41(49)40(48)42(50)44(45)52)57-39(47)34-32-30-28-26-24-22-20-18-16-14-12-10-8-6-4-2/h11-14,17-20,37,40-45,48-52H,3-10,15-16,21-36H2,1-2H3,(H,53,54)/b13-11-,14-12-,19-17-,20-18-/t37-,40?,41-,42?,43?,44?,45?/m1/s1. The molecule has 1 aliphatic carbocycles. The molecule has 0 amide bonds. The molecule has 0 heterocycles. The second-order valence-electron chi connectivity index (χ2n) is 15.5. The van der Waals surface area contributed by atoms with E-state index in [4.69, 9.17) is 18.5 Å². The van der Waals surface area contributed by atoms with Gasteiger partial charge >= 0.3 is 19.8 Å². The lowest BCUT2D eigenvalue weighted by atomic mass is 9.85. The first-order chi connectivity index (χ1) is 28.4. The number of aliphatic hydroxyl groups excluding tert-OH is 5. The average molecular weight is 859 g/mol. The van der Waals surface area contributed by atoms with Crippen LogP contribution >= 0.6 is 7.82 Å². The van der Waals surface area contributed by atoms with Crippen LogP contribution in [0, 0.1) is 0 Å². The van der Waals surface area contributed by atoms with Crippen molar-refractivity contribution in [2.24, 2.45) is 0 Å². The van der Waals surface area contributed by atoms with Crippen molar-refractivity contribution in [3.05, 3.63) is 48.6 Å². The summed E-state index contributed by atoms with van der Waals surface area (Å²) in [5.74, 6) is -1.13. The Balaban J connectivity index is 2.50. The third kappa shape index (κ3) is 28.1. The van der Waals surface area contributed by atoms with Gasteiger partial charge in [-0.1, -0.05) is 127 Å². The Morgan fingerprint density at radius 2 is 0.915 bits per heavy atom. The molecule has 1 rings (SSSR count). The number of allylic oxidation sites excluding steroid dienone is 8. The van der Waals surface area contributed by atoms with E-state index < -0.39 is 75.7 Å². The van der Waals surface area contributed by atoms with Crippen LogP contribution in [0.1, 0.15) is 168 Å². The summed E-state index contributed by atoms with van der Waals surface area (Å²) in [5.41, 5.74) is 0. The van der Waals surface area contributed by atoms with Crippen LogP contribution in [-0.4, -0.2) is 98.3 Å². The molecule has 6 N–H and O–H groups in total. The Morgan fingerprint density at radius 3 is 1.37 bits per heavy atom. The Bertz CT molecular complexity index is 1220. The van der Waals surface area contributed by atoms with Gasteiger partial charge in [-0.3, -0.25) is 18.6 Å². The first-order valence-electron chi connectivity index (χ1n) is 22.4. The Morgan fingerprint density at radius 1 is 0.525 bits per heavy atom. The van der Waals surface area contributed by atoms with E-state index in [2.05, 4.69) is 62.5 Å². The summed E-state index contributed by atoms with van der Waals surface area (Å²) < 4.78 is 33.5. The van der Waals surface area contributed by atoms with Gasteiger partial charge in [-0.15, -0.1) is 0 Å². The maximum atomic E-state index is 12.8. The molecule has 6 unspecified atom stereocenters. The zero-order valence-electron chi connectivity index (χ0n) is 36.0. The minimum atomic E-state index is -5.12. The molecule has 1 saturated carbocycles. The second-order valence-corrected chi connectivity index (χ2v) is 16.9. The molecule has 0 aromatic carbocycles. The van der Waals surface area contributed by atoms with Crippen LogP contribution in [0.3, 0.4) is 0 Å². The minimum absolute atomic E-state index is 0.0761. The number of hydrogen-bond acceptors (Lipinski definition) is 12. The molecule has 1 aliphatic rings. The maximum absolute atomic E-state index is 12.8. The molecule has 0 aromatic rings. The molecule has 0 saturated heterocycles. The van der Waals surface area contributed by atoms with Gasteiger partial charge in [0.15, 0.2) is 6.10 Å². The van der Waals surface area contributed by atoms with Crippen LogP contribution in [0.5, 0.6) is 0 Å². The van der Waals surface area contributed by atoms with Crippen LogP contribution < -0.4 is 0 Å². The number of phosphoric acid groups is 1. The molecule has 0 aliphatic heterocycles. The molecule has 1 fully saturated rings. The summed E-state index contributed by atoms with van der Waals surface area (Å²) >= 11 is 0. The number of ether oxygens (including phenoxy) is 2. The van der Waals surface area contributed by atoms with Crippen molar-refractivity contribution in [2.45, 2.75) is 211 Å². The Labute approximate surface area is 354 Å². The third-order valence-corrected chi connectivity index (χ3v) is 11.1. The lowest BCUT2D eigenvalue weighted by Gasteiger charge is -2.41. The van der Waals surface area contributed by atoms with Gasteiger partial charge in [0.2, 0.25) is 0 Å². The van der Waals surface area contributed by atoms with Crippen molar-refractivity contribution < 1.29 is 63.1 Å². The summed E-state index contributed by atoms with van der Waals surface area (Å²) in [6, 6.07) is 0. The number of carbonyl (C=O) groups is 2. The first-order valence-corrected chi connectivity index (χ1v) is 23.9. The lowest BCUT2D eigenvalue weighted by Crippen LogP contribution is -2.64. The summed E-state index contributed by atoms with van der Waals surface area (Å²) in [7, 11) is -5.12. The topological polar surface area (TPSA) is 210 Å². The van der Waals surface area contributed by atoms with Gasteiger partial charge in [-0.25, -0.2) is 4.57 Å². The highest BCUT2D eigenvalue weighted by molar-refractivity contribution is 7.47. The summed E-state index contributed by atoms with van der Waals surface area (Å²) in [6.07, 6.45) is 27.3. The number of phosphoric ester groups is 1. The fraction of sp³-hybridized carbons (Fsp3) is 0.778. The largest absolute Gasteiger partial charge is 0.472 e. The summed E-state index contributed by atoms with van der Waals surface area (Å²) in [5, 5.41) is 50.1. The number of unbranched alkanes of at least 4 members (excludes halogenated alkanes) is 16. The number of rotatable bonds is 36. The minimum Gasteiger partial charge on any atom is -0.462 e. The summed E-state index contributed by atoms with van der Waals surface area (Å²) in [6.45, 7) is 3.21. The number of esters is 2. The molecular weight excluding hydrogens is 779 g/mol. The quantitative estimate of drug-likeness (QED) is 0.0152.